The Labute approximate surface area is 74.2 Å². The third-order valence-electron chi connectivity index (χ3n) is 1.01. The summed E-state index contributed by atoms with van der Waals surface area (Å²) in [5, 5.41) is 10.4. The summed E-state index contributed by atoms with van der Waals surface area (Å²) in [4.78, 5) is 21.1. The van der Waals surface area contributed by atoms with Gasteiger partial charge in [0.05, 0.1) is 6.04 Å². The molecule has 0 aliphatic heterocycles. The molecule has 12 heavy (non-hydrogen) atoms. The molecule has 0 spiro atoms. The molecule has 0 aromatic carbocycles. The van der Waals surface area contributed by atoms with Crippen LogP contribution in [0.25, 0.3) is 0 Å². The molecule has 6 heteroatoms. The van der Waals surface area contributed by atoms with Crippen LogP contribution < -0.4 is 11.1 Å². The van der Waals surface area contributed by atoms with Crippen molar-refractivity contribution >= 4 is 23.5 Å². The van der Waals surface area contributed by atoms with Crippen LogP contribution in [0.3, 0.4) is 0 Å². The number of nitrogens with one attached hydrogen (secondary N) is 1. The Balaban J connectivity index is 4.24. The second kappa shape index (κ2) is 4.74. The summed E-state index contributed by atoms with van der Waals surface area (Å²) >= 11 is 5.11. The van der Waals surface area contributed by atoms with Crippen LogP contribution in [0.4, 0.5) is 0 Å². The van der Waals surface area contributed by atoms with E-state index in [0.717, 1.165) is 5.54 Å². The van der Waals surface area contributed by atoms with Crippen molar-refractivity contribution in [2.24, 2.45) is 5.73 Å². The van der Waals surface area contributed by atoms with Crippen molar-refractivity contribution in [1.29, 1.82) is 0 Å². The van der Waals surface area contributed by atoms with Crippen molar-refractivity contribution in [1.82, 2.24) is 5.32 Å². The number of amides is 1. The van der Waals surface area contributed by atoms with E-state index >= 15 is 0 Å². The molecule has 0 aromatic heterocycles. The minimum absolute atomic E-state index is 0.390. The number of carboxylic acid groups (broad SMARTS) is 1. The number of carbonyl (C=O) groups is 2. The molecule has 1 atom stereocenters. The Morgan fingerprint density at radius 2 is 2.17 bits per heavy atom. The second-order valence-electron chi connectivity index (χ2n) is 2.11. The average molecular weight is 193 g/mol. The van der Waals surface area contributed by atoms with Crippen molar-refractivity contribution in [3.63, 3.8) is 0 Å². The van der Waals surface area contributed by atoms with Gasteiger partial charge in [-0.25, -0.2) is 4.79 Å². The molecule has 0 saturated heterocycles. The topological polar surface area (TPSA) is 92.4 Å². The average Bonchev–Trinajstić information content (AvgIpc) is 1.98. The summed E-state index contributed by atoms with van der Waals surface area (Å²) in [7, 11) is 0. The molecule has 1 unspecified atom stereocenters. The number of hydrogen-bond donors (Lipinski definition) is 3. The molecular formula is C6H9ClN2O3. The lowest BCUT2D eigenvalue weighted by Crippen LogP contribution is -2.39. The third-order valence-corrected chi connectivity index (χ3v) is 1.23. The lowest BCUT2D eigenvalue weighted by Gasteiger charge is -2.06. The lowest BCUT2D eigenvalue weighted by molar-refractivity contribution is -0.134. The molecule has 0 aromatic rings. The van der Waals surface area contributed by atoms with Crippen LogP contribution in [0.5, 0.6) is 0 Å². The second-order valence-corrected chi connectivity index (χ2v) is 2.32. The van der Waals surface area contributed by atoms with Crippen molar-refractivity contribution in [3.8, 4) is 0 Å². The maximum atomic E-state index is 10.8. The highest BCUT2D eigenvalue weighted by Gasteiger charge is 2.13. The van der Waals surface area contributed by atoms with Crippen LogP contribution in [0, 0.1) is 0 Å². The van der Waals surface area contributed by atoms with Crippen LogP contribution in [0.2, 0.25) is 0 Å². The largest absolute Gasteiger partial charge is 0.477 e. The monoisotopic (exact) mass is 192 g/mol. The van der Waals surface area contributed by atoms with E-state index in [2.05, 4.69) is 0 Å². The van der Waals surface area contributed by atoms with Gasteiger partial charge in [-0.05, 0) is 6.92 Å². The normalized spacial score (nSPS) is 13.8. The van der Waals surface area contributed by atoms with E-state index in [1.807, 2.05) is 5.32 Å². The van der Waals surface area contributed by atoms with E-state index in [1.54, 1.807) is 0 Å². The van der Waals surface area contributed by atoms with Crippen LogP contribution in [-0.4, -0.2) is 23.0 Å². The number of halogens is 1. The first-order chi connectivity index (χ1) is 5.49. The molecule has 0 bridgehead atoms. The minimum atomic E-state index is -1.31. The lowest BCUT2D eigenvalue weighted by atomic mass is 10.3. The van der Waals surface area contributed by atoms with Gasteiger partial charge in [0.25, 0.3) is 0 Å². The standard InChI is InChI=1S/C6H9ClN2O3/c1-3(8)5(10)9-4(2-7)6(11)12/h2-3H,8H2,1H3,(H,9,10)(H,11,12)/b4-2-. The predicted molar refractivity (Wildman–Crippen MR) is 43.4 cm³/mol. The number of nitrogens with two attached hydrogens (primary N) is 1. The fraction of sp³-hybridized carbons (Fsp3) is 0.333. The fourth-order valence-electron chi connectivity index (χ4n) is 0.374. The minimum Gasteiger partial charge on any atom is -0.477 e. The Hall–Kier alpha value is -1.07. The quantitative estimate of drug-likeness (QED) is 0.532. The highest BCUT2D eigenvalue weighted by atomic mass is 35.5. The molecular weight excluding hydrogens is 184 g/mol. The smallest absolute Gasteiger partial charge is 0.353 e. The first-order valence-corrected chi connectivity index (χ1v) is 3.52. The van der Waals surface area contributed by atoms with Crippen molar-refractivity contribution < 1.29 is 14.7 Å². The maximum absolute atomic E-state index is 10.8. The molecule has 0 fully saturated rings. The number of carbonyl (C=O) groups excluding carboxylic acids is 1. The number of aliphatic carboxylic acids is 1. The molecule has 1 amide bonds. The van der Waals surface area contributed by atoms with Gasteiger partial charge in [-0.15, -0.1) is 0 Å². The zero-order valence-corrected chi connectivity index (χ0v) is 7.13. The van der Waals surface area contributed by atoms with Gasteiger partial charge < -0.3 is 16.2 Å². The Morgan fingerprint density at radius 3 is 2.42 bits per heavy atom. The SMILES string of the molecule is CC(N)C(=O)N/C(=C\Cl)C(=O)O. The maximum Gasteiger partial charge on any atom is 0.353 e. The van der Waals surface area contributed by atoms with E-state index in [9.17, 15) is 9.59 Å². The van der Waals surface area contributed by atoms with Crippen LogP contribution in [0.15, 0.2) is 11.2 Å². The zero-order chi connectivity index (χ0) is 9.72. The summed E-state index contributed by atoms with van der Waals surface area (Å²) in [6.45, 7) is 1.43. The molecule has 0 aliphatic carbocycles. The summed E-state index contributed by atoms with van der Waals surface area (Å²) in [6, 6.07) is -0.768. The highest BCUT2D eigenvalue weighted by Crippen LogP contribution is 1.92. The van der Waals surface area contributed by atoms with Gasteiger partial charge in [0, 0.05) is 5.54 Å². The number of hydrogen-bond acceptors (Lipinski definition) is 3. The Kier molecular flexibility index (Phi) is 4.31. The number of carboxylic acids is 1. The zero-order valence-electron chi connectivity index (χ0n) is 6.37. The number of rotatable bonds is 3. The van der Waals surface area contributed by atoms with E-state index in [4.69, 9.17) is 22.4 Å². The van der Waals surface area contributed by atoms with Gasteiger partial charge in [0.1, 0.15) is 5.70 Å². The van der Waals surface area contributed by atoms with E-state index < -0.39 is 17.9 Å². The van der Waals surface area contributed by atoms with Gasteiger partial charge in [-0.2, -0.15) is 0 Å². The molecule has 4 N–H and O–H groups in total. The molecule has 0 rings (SSSR count). The van der Waals surface area contributed by atoms with Crippen molar-refractivity contribution in [2.75, 3.05) is 0 Å². The van der Waals surface area contributed by atoms with Gasteiger partial charge in [0.15, 0.2) is 0 Å². The van der Waals surface area contributed by atoms with Crippen LogP contribution >= 0.6 is 11.6 Å². The first-order valence-electron chi connectivity index (χ1n) is 3.09. The fourth-order valence-corrected chi connectivity index (χ4v) is 0.522. The molecule has 5 nitrogen and oxygen atoms in total. The van der Waals surface area contributed by atoms with Gasteiger partial charge >= 0.3 is 5.97 Å². The van der Waals surface area contributed by atoms with Crippen molar-refractivity contribution in [3.05, 3.63) is 11.2 Å². The molecule has 0 saturated carbocycles. The van der Waals surface area contributed by atoms with E-state index in [-0.39, 0.29) is 5.70 Å². The van der Waals surface area contributed by atoms with Gasteiger partial charge in [-0.1, -0.05) is 11.6 Å². The van der Waals surface area contributed by atoms with Crippen LogP contribution in [-0.2, 0) is 9.59 Å². The first kappa shape index (κ1) is 10.9. The molecule has 0 aliphatic rings. The Bertz CT molecular complexity index is 225. The van der Waals surface area contributed by atoms with Crippen molar-refractivity contribution in [2.45, 2.75) is 13.0 Å². The third kappa shape index (κ3) is 3.36. The summed E-state index contributed by atoms with van der Waals surface area (Å²) in [5.41, 5.74) is 5.54. The summed E-state index contributed by atoms with van der Waals surface area (Å²) < 4.78 is 0. The summed E-state index contributed by atoms with van der Waals surface area (Å²) in [6.07, 6.45) is 0. The van der Waals surface area contributed by atoms with E-state index in [1.165, 1.54) is 6.92 Å². The van der Waals surface area contributed by atoms with Crippen LogP contribution in [0.1, 0.15) is 6.92 Å². The van der Waals surface area contributed by atoms with Gasteiger partial charge in [-0.3, -0.25) is 4.79 Å². The molecule has 68 valence electrons. The van der Waals surface area contributed by atoms with E-state index in [0.29, 0.717) is 0 Å². The summed E-state index contributed by atoms with van der Waals surface area (Å²) in [5.74, 6) is -1.90. The molecule has 0 heterocycles. The molecule has 0 radical (unpaired) electrons. The van der Waals surface area contributed by atoms with Gasteiger partial charge in [0.2, 0.25) is 5.91 Å². The Morgan fingerprint density at radius 1 is 1.67 bits per heavy atom. The highest BCUT2D eigenvalue weighted by molar-refractivity contribution is 6.27. The predicted octanol–water partition coefficient (Wildman–Crippen LogP) is -0.385.